The Bertz CT molecular complexity index is 618. The summed E-state index contributed by atoms with van der Waals surface area (Å²) < 4.78 is 5.17. The summed E-state index contributed by atoms with van der Waals surface area (Å²) in [6.45, 7) is 2.13. The summed E-state index contributed by atoms with van der Waals surface area (Å²) in [7, 11) is 0.0518. The highest BCUT2D eigenvalue weighted by Crippen LogP contribution is 2.15. The molecule has 2 N–H and O–H groups in total. The summed E-state index contributed by atoms with van der Waals surface area (Å²) in [6, 6.07) is 13.5. The van der Waals surface area contributed by atoms with Crippen molar-refractivity contribution in [2.45, 2.75) is 13.3 Å². The third kappa shape index (κ3) is 4.21. The first-order chi connectivity index (χ1) is 10.1. The fourth-order valence-electron chi connectivity index (χ4n) is 2.07. The number of hydrogen-bond acceptors (Lipinski definition) is 3. The Morgan fingerprint density at radius 3 is 2.24 bits per heavy atom. The average molecular weight is 282 g/mol. The van der Waals surface area contributed by atoms with Gasteiger partial charge in [-0.2, -0.15) is 0 Å². The normalized spacial score (nSPS) is 10.9. The molecule has 0 heterocycles. The second-order valence-corrected chi connectivity index (χ2v) is 4.84. The first-order valence-corrected chi connectivity index (χ1v) is 6.94. The number of hydrogen-bond donors (Lipinski definition) is 2. The smallest absolute Gasteiger partial charge is 0.488 e. The molecule has 0 aliphatic carbocycles. The van der Waals surface area contributed by atoms with Crippen molar-refractivity contribution >= 4 is 24.7 Å². The number of benzene rings is 2. The van der Waals surface area contributed by atoms with Crippen LogP contribution in [0.5, 0.6) is 5.75 Å². The molecular formula is C17H19BO3. The van der Waals surface area contributed by atoms with Crippen molar-refractivity contribution in [1.82, 2.24) is 0 Å². The van der Waals surface area contributed by atoms with E-state index in [0.29, 0.717) is 11.2 Å². The van der Waals surface area contributed by atoms with E-state index >= 15 is 0 Å². The van der Waals surface area contributed by atoms with Gasteiger partial charge in [-0.1, -0.05) is 49.4 Å². The molecule has 21 heavy (non-hydrogen) atoms. The predicted octanol–water partition coefficient (Wildman–Crippen LogP) is 2.11. The summed E-state index contributed by atoms with van der Waals surface area (Å²) in [5.41, 5.74) is 3.67. The standard InChI is InChI=1S/C17H19BO3/c1-3-13-4-6-14(7-5-13)8-9-15-10-16(18(19)20)12-17(11-15)21-2/h4-12,19-20H,3H2,1-2H3/b9-8+. The zero-order valence-electron chi connectivity index (χ0n) is 12.3. The molecule has 2 rings (SSSR count). The van der Waals surface area contributed by atoms with Gasteiger partial charge in [0, 0.05) is 0 Å². The van der Waals surface area contributed by atoms with Crippen molar-refractivity contribution in [3.8, 4) is 5.75 Å². The lowest BCUT2D eigenvalue weighted by Gasteiger charge is -2.06. The van der Waals surface area contributed by atoms with Crippen molar-refractivity contribution in [3.63, 3.8) is 0 Å². The van der Waals surface area contributed by atoms with E-state index < -0.39 is 7.12 Å². The number of aryl methyl sites for hydroxylation is 1. The molecule has 0 saturated heterocycles. The molecule has 0 atom stereocenters. The molecule has 0 fully saturated rings. The number of methoxy groups -OCH3 is 1. The zero-order chi connectivity index (χ0) is 15.2. The van der Waals surface area contributed by atoms with Crippen LogP contribution in [0.1, 0.15) is 23.6 Å². The Morgan fingerprint density at radius 1 is 1.00 bits per heavy atom. The maximum Gasteiger partial charge on any atom is 0.488 e. The minimum Gasteiger partial charge on any atom is -0.497 e. The lowest BCUT2D eigenvalue weighted by atomic mass is 9.79. The quantitative estimate of drug-likeness (QED) is 0.652. The molecule has 0 unspecified atom stereocenters. The fourth-order valence-corrected chi connectivity index (χ4v) is 2.07. The van der Waals surface area contributed by atoms with Crippen LogP contribution in [0.3, 0.4) is 0 Å². The van der Waals surface area contributed by atoms with Crippen LogP contribution < -0.4 is 10.2 Å². The second kappa shape index (κ2) is 7.11. The largest absolute Gasteiger partial charge is 0.497 e. The second-order valence-electron chi connectivity index (χ2n) is 4.84. The lowest BCUT2D eigenvalue weighted by Crippen LogP contribution is -2.29. The van der Waals surface area contributed by atoms with Crippen LogP contribution in [-0.2, 0) is 6.42 Å². The monoisotopic (exact) mass is 282 g/mol. The summed E-state index contributed by atoms with van der Waals surface area (Å²) in [6.07, 6.45) is 4.94. The summed E-state index contributed by atoms with van der Waals surface area (Å²) in [5.74, 6) is 0.599. The Morgan fingerprint density at radius 2 is 1.67 bits per heavy atom. The van der Waals surface area contributed by atoms with Crippen LogP contribution in [-0.4, -0.2) is 24.3 Å². The van der Waals surface area contributed by atoms with Gasteiger partial charge < -0.3 is 14.8 Å². The van der Waals surface area contributed by atoms with E-state index in [2.05, 4.69) is 31.2 Å². The van der Waals surface area contributed by atoms with Gasteiger partial charge in [-0.25, -0.2) is 0 Å². The van der Waals surface area contributed by atoms with E-state index in [9.17, 15) is 10.0 Å². The van der Waals surface area contributed by atoms with Crippen LogP contribution in [0.2, 0.25) is 0 Å². The highest BCUT2D eigenvalue weighted by molar-refractivity contribution is 6.58. The van der Waals surface area contributed by atoms with Gasteiger partial charge in [-0.05, 0) is 40.7 Å². The van der Waals surface area contributed by atoms with Gasteiger partial charge in [0.1, 0.15) is 5.75 Å². The minimum absolute atomic E-state index is 0.412. The molecule has 4 heteroatoms. The minimum atomic E-state index is -1.50. The van der Waals surface area contributed by atoms with Crippen LogP contribution in [0.25, 0.3) is 12.2 Å². The molecule has 0 bridgehead atoms. The predicted molar refractivity (Wildman–Crippen MR) is 87.6 cm³/mol. The van der Waals surface area contributed by atoms with Crippen molar-refractivity contribution in [2.24, 2.45) is 0 Å². The molecule has 2 aromatic carbocycles. The number of ether oxygens (including phenoxy) is 1. The van der Waals surface area contributed by atoms with Crippen molar-refractivity contribution in [1.29, 1.82) is 0 Å². The van der Waals surface area contributed by atoms with Gasteiger partial charge in [-0.15, -0.1) is 0 Å². The Kier molecular flexibility index (Phi) is 5.20. The molecule has 0 amide bonds. The molecule has 2 aromatic rings. The zero-order valence-corrected chi connectivity index (χ0v) is 12.3. The first kappa shape index (κ1) is 15.4. The Hall–Kier alpha value is -2.04. The average Bonchev–Trinajstić information content (AvgIpc) is 2.53. The van der Waals surface area contributed by atoms with Gasteiger partial charge in [-0.3, -0.25) is 0 Å². The highest BCUT2D eigenvalue weighted by atomic mass is 16.5. The fraction of sp³-hybridized carbons (Fsp3) is 0.176. The molecule has 0 radical (unpaired) electrons. The highest BCUT2D eigenvalue weighted by Gasteiger charge is 2.12. The molecule has 0 aromatic heterocycles. The van der Waals surface area contributed by atoms with E-state index in [-0.39, 0.29) is 0 Å². The topological polar surface area (TPSA) is 49.7 Å². The Labute approximate surface area is 125 Å². The molecular weight excluding hydrogens is 263 g/mol. The van der Waals surface area contributed by atoms with E-state index in [1.807, 2.05) is 18.2 Å². The van der Waals surface area contributed by atoms with Crippen molar-refractivity contribution in [2.75, 3.05) is 7.11 Å². The lowest BCUT2D eigenvalue weighted by molar-refractivity contribution is 0.412. The van der Waals surface area contributed by atoms with Crippen LogP contribution in [0.4, 0.5) is 0 Å². The van der Waals surface area contributed by atoms with Gasteiger partial charge in [0.15, 0.2) is 0 Å². The van der Waals surface area contributed by atoms with Crippen molar-refractivity contribution < 1.29 is 14.8 Å². The van der Waals surface area contributed by atoms with Crippen LogP contribution in [0, 0.1) is 0 Å². The summed E-state index contributed by atoms with van der Waals surface area (Å²) in [4.78, 5) is 0. The maximum atomic E-state index is 9.29. The van der Waals surface area contributed by atoms with Gasteiger partial charge in [0.2, 0.25) is 0 Å². The van der Waals surface area contributed by atoms with E-state index in [4.69, 9.17) is 4.74 Å². The molecule has 3 nitrogen and oxygen atoms in total. The maximum absolute atomic E-state index is 9.29. The first-order valence-electron chi connectivity index (χ1n) is 6.94. The van der Waals surface area contributed by atoms with Gasteiger partial charge in [0.25, 0.3) is 0 Å². The molecule has 0 aliphatic rings. The number of rotatable bonds is 5. The van der Waals surface area contributed by atoms with E-state index in [1.54, 1.807) is 19.2 Å². The molecule has 108 valence electrons. The van der Waals surface area contributed by atoms with E-state index in [0.717, 1.165) is 17.5 Å². The molecule has 0 aliphatic heterocycles. The summed E-state index contributed by atoms with van der Waals surface area (Å²) in [5, 5.41) is 18.6. The third-order valence-electron chi connectivity index (χ3n) is 3.34. The molecule has 0 spiro atoms. The van der Waals surface area contributed by atoms with Crippen LogP contribution in [0.15, 0.2) is 42.5 Å². The Balaban J connectivity index is 2.24. The SMILES string of the molecule is CCc1ccc(/C=C/c2cc(OC)cc(B(O)O)c2)cc1. The third-order valence-corrected chi connectivity index (χ3v) is 3.34. The molecule has 0 saturated carbocycles. The van der Waals surface area contributed by atoms with E-state index in [1.165, 1.54) is 5.56 Å². The summed E-state index contributed by atoms with van der Waals surface area (Å²) >= 11 is 0. The van der Waals surface area contributed by atoms with Gasteiger partial charge in [0.05, 0.1) is 7.11 Å². The van der Waals surface area contributed by atoms with Crippen LogP contribution >= 0.6 is 0 Å². The van der Waals surface area contributed by atoms with Crippen molar-refractivity contribution in [3.05, 3.63) is 59.2 Å². The van der Waals surface area contributed by atoms with Gasteiger partial charge >= 0.3 is 7.12 Å².